The molecule has 0 aromatic heterocycles. The van der Waals surface area contributed by atoms with E-state index >= 15 is 0 Å². The molecule has 0 aliphatic carbocycles. The van der Waals surface area contributed by atoms with Gasteiger partial charge in [0.1, 0.15) is 5.75 Å². The van der Waals surface area contributed by atoms with Crippen LogP contribution >= 0.6 is 23.2 Å². The number of esters is 1. The lowest BCUT2D eigenvalue weighted by Gasteiger charge is -2.09. The molecule has 2 N–H and O–H groups in total. The number of ether oxygens (including phenoxy) is 1. The second-order valence-electron chi connectivity index (χ2n) is 6.55. The summed E-state index contributed by atoms with van der Waals surface area (Å²) in [7, 11) is 0. The number of nitrogens with one attached hydrogen (secondary N) is 2. The number of hydrazone groups is 1. The van der Waals surface area contributed by atoms with Crippen LogP contribution in [0.5, 0.6) is 5.75 Å². The summed E-state index contributed by atoms with van der Waals surface area (Å²) in [6.07, 6.45) is 1.27. The third-order valence-electron chi connectivity index (χ3n) is 4.18. The zero-order chi connectivity index (χ0) is 23.1. The Balaban J connectivity index is 1.64. The first-order chi connectivity index (χ1) is 15.3. The van der Waals surface area contributed by atoms with E-state index in [1.807, 2.05) is 19.1 Å². The molecule has 7 nitrogen and oxygen atoms in total. The molecule has 32 heavy (non-hydrogen) atoms. The van der Waals surface area contributed by atoms with Gasteiger partial charge in [0.25, 0.3) is 0 Å². The number of aryl methyl sites for hydroxylation is 1. The maximum Gasteiger partial charge on any atom is 0.343 e. The van der Waals surface area contributed by atoms with Crippen LogP contribution in [0.1, 0.15) is 21.5 Å². The number of nitrogens with zero attached hydrogens (tertiary/aromatic N) is 1. The van der Waals surface area contributed by atoms with Gasteiger partial charge in [-0.2, -0.15) is 5.10 Å². The van der Waals surface area contributed by atoms with Gasteiger partial charge in [-0.3, -0.25) is 9.59 Å². The predicted molar refractivity (Wildman–Crippen MR) is 123 cm³/mol. The van der Waals surface area contributed by atoms with Crippen molar-refractivity contribution in [3.63, 3.8) is 0 Å². The number of halogens is 2. The van der Waals surface area contributed by atoms with Gasteiger partial charge in [-0.1, -0.05) is 53.5 Å². The fraction of sp³-hybridized carbons (Fsp3) is 0.0435. The van der Waals surface area contributed by atoms with Crippen molar-refractivity contribution in [2.75, 3.05) is 5.32 Å². The van der Waals surface area contributed by atoms with Gasteiger partial charge in [0.05, 0.1) is 11.8 Å². The van der Waals surface area contributed by atoms with E-state index in [1.165, 1.54) is 24.4 Å². The number of hydrogen-bond donors (Lipinski definition) is 2. The molecule has 0 fully saturated rings. The smallest absolute Gasteiger partial charge is 0.343 e. The summed E-state index contributed by atoms with van der Waals surface area (Å²) in [5, 5.41) is 6.76. The summed E-state index contributed by atoms with van der Waals surface area (Å²) in [4.78, 5) is 36.5. The molecule has 0 saturated carbocycles. The molecule has 3 rings (SSSR count). The SMILES string of the molecule is Cc1ccccc1C(=O)Oc1ccccc1/C=N/NC(=O)C(=O)Nc1cc(Cl)cc(Cl)c1. The van der Waals surface area contributed by atoms with Crippen molar-refractivity contribution in [3.05, 3.63) is 93.5 Å². The first-order valence-electron chi connectivity index (χ1n) is 9.31. The number of hydrogen-bond acceptors (Lipinski definition) is 5. The fourth-order valence-electron chi connectivity index (χ4n) is 2.66. The number of rotatable bonds is 5. The number of para-hydroxylation sites is 1. The Morgan fingerprint density at radius 3 is 2.28 bits per heavy atom. The first kappa shape index (κ1) is 23.0. The van der Waals surface area contributed by atoms with Gasteiger partial charge in [0, 0.05) is 21.3 Å². The van der Waals surface area contributed by atoms with Crippen molar-refractivity contribution in [2.24, 2.45) is 5.10 Å². The normalized spacial score (nSPS) is 10.6. The Kier molecular flexibility index (Phi) is 7.59. The molecule has 0 aliphatic rings. The van der Waals surface area contributed by atoms with E-state index in [1.54, 1.807) is 36.4 Å². The fourth-order valence-corrected chi connectivity index (χ4v) is 3.19. The van der Waals surface area contributed by atoms with Crippen LogP contribution in [0, 0.1) is 6.92 Å². The van der Waals surface area contributed by atoms with Crippen LogP contribution in [-0.2, 0) is 9.59 Å². The van der Waals surface area contributed by atoms with Crippen LogP contribution in [0.3, 0.4) is 0 Å². The highest BCUT2D eigenvalue weighted by Gasteiger charge is 2.15. The monoisotopic (exact) mass is 469 g/mol. The van der Waals surface area contributed by atoms with Crippen molar-refractivity contribution in [1.29, 1.82) is 0 Å². The zero-order valence-corrected chi connectivity index (χ0v) is 18.3. The van der Waals surface area contributed by atoms with Gasteiger partial charge in [-0.05, 0) is 48.9 Å². The van der Waals surface area contributed by atoms with Crippen molar-refractivity contribution < 1.29 is 19.1 Å². The molecule has 0 atom stereocenters. The maximum atomic E-state index is 12.5. The highest BCUT2D eigenvalue weighted by atomic mass is 35.5. The van der Waals surface area contributed by atoms with E-state index in [0.29, 0.717) is 21.2 Å². The third kappa shape index (κ3) is 6.16. The van der Waals surface area contributed by atoms with Crippen LogP contribution in [0.15, 0.2) is 71.8 Å². The molecule has 9 heteroatoms. The summed E-state index contributed by atoms with van der Waals surface area (Å²) in [5.74, 6) is -2.24. The summed E-state index contributed by atoms with van der Waals surface area (Å²) in [5.41, 5.74) is 4.02. The Bertz CT molecular complexity index is 1190. The lowest BCUT2D eigenvalue weighted by Crippen LogP contribution is -2.32. The van der Waals surface area contributed by atoms with Gasteiger partial charge in [-0.15, -0.1) is 0 Å². The van der Waals surface area contributed by atoms with E-state index in [9.17, 15) is 14.4 Å². The molecule has 3 aromatic carbocycles. The van der Waals surface area contributed by atoms with Crippen molar-refractivity contribution in [2.45, 2.75) is 6.92 Å². The van der Waals surface area contributed by atoms with Crippen LogP contribution in [0.4, 0.5) is 5.69 Å². The minimum Gasteiger partial charge on any atom is -0.422 e. The molecule has 0 saturated heterocycles. The Hall–Kier alpha value is -3.68. The number of carbonyl (C=O) groups is 3. The molecule has 0 aliphatic heterocycles. The molecule has 3 aromatic rings. The third-order valence-corrected chi connectivity index (χ3v) is 4.62. The molecular weight excluding hydrogens is 453 g/mol. The Morgan fingerprint density at radius 1 is 0.906 bits per heavy atom. The van der Waals surface area contributed by atoms with Crippen LogP contribution in [0.2, 0.25) is 10.0 Å². The number of anilines is 1. The van der Waals surface area contributed by atoms with Crippen molar-refractivity contribution in [3.8, 4) is 5.75 Å². The molecule has 0 radical (unpaired) electrons. The second kappa shape index (κ2) is 10.6. The molecule has 162 valence electrons. The molecule has 0 spiro atoms. The summed E-state index contributed by atoms with van der Waals surface area (Å²) < 4.78 is 5.47. The lowest BCUT2D eigenvalue weighted by atomic mass is 10.1. The largest absolute Gasteiger partial charge is 0.422 e. The number of amides is 2. The van der Waals surface area contributed by atoms with Gasteiger partial charge < -0.3 is 10.1 Å². The Labute approximate surface area is 194 Å². The highest BCUT2D eigenvalue weighted by Crippen LogP contribution is 2.22. The average molecular weight is 470 g/mol. The van der Waals surface area contributed by atoms with Crippen LogP contribution in [-0.4, -0.2) is 24.0 Å². The van der Waals surface area contributed by atoms with Crippen LogP contribution in [0.25, 0.3) is 0 Å². The minimum atomic E-state index is -1.01. The molecule has 0 heterocycles. The van der Waals surface area contributed by atoms with E-state index < -0.39 is 17.8 Å². The van der Waals surface area contributed by atoms with Gasteiger partial charge in [0.2, 0.25) is 0 Å². The summed E-state index contributed by atoms with van der Waals surface area (Å²) >= 11 is 11.7. The predicted octanol–water partition coefficient (Wildman–Crippen LogP) is 4.61. The molecular formula is C23H17Cl2N3O4. The van der Waals surface area contributed by atoms with Gasteiger partial charge >= 0.3 is 17.8 Å². The van der Waals surface area contributed by atoms with Crippen molar-refractivity contribution >= 4 is 52.9 Å². The quantitative estimate of drug-likeness (QED) is 0.187. The highest BCUT2D eigenvalue weighted by molar-refractivity contribution is 6.40. The molecule has 0 unspecified atom stereocenters. The van der Waals surface area contributed by atoms with Gasteiger partial charge in [0.15, 0.2) is 0 Å². The average Bonchev–Trinajstić information content (AvgIpc) is 2.74. The van der Waals surface area contributed by atoms with E-state index in [2.05, 4.69) is 15.8 Å². The summed E-state index contributed by atoms with van der Waals surface area (Å²) in [6.45, 7) is 1.81. The summed E-state index contributed by atoms with van der Waals surface area (Å²) in [6, 6.07) is 18.1. The zero-order valence-electron chi connectivity index (χ0n) is 16.8. The van der Waals surface area contributed by atoms with E-state index in [4.69, 9.17) is 27.9 Å². The maximum absolute atomic E-state index is 12.5. The van der Waals surface area contributed by atoms with Crippen LogP contribution < -0.4 is 15.5 Å². The molecule has 0 bridgehead atoms. The van der Waals surface area contributed by atoms with Gasteiger partial charge in [-0.25, -0.2) is 10.2 Å². The van der Waals surface area contributed by atoms with E-state index in [-0.39, 0.29) is 11.4 Å². The first-order valence-corrected chi connectivity index (χ1v) is 10.1. The Morgan fingerprint density at radius 2 is 1.56 bits per heavy atom. The standard InChI is InChI=1S/C23H17Cl2N3O4/c1-14-6-2-4-8-19(14)23(31)32-20-9-5-3-7-15(20)13-26-28-22(30)21(29)27-18-11-16(24)10-17(25)12-18/h2-13H,1H3,(H,27,29)(H,28,30)/b26-13+. The van der Waals surface area contributed by atoms with Crippen molar-refractivity contribution in [1.82, 2.24) is 5.43 Å². The number of benzene rings is 3. The topological polar surface area (TPSA) is 96.9 Å². The lowest BCUT2D eigenvalue weighted by molar-refractivity contribution is -0.136. The number of carbonyl (C=O) groups excluding carboxylic acids is 3. The molecule has 2 amide bonds. The van der Waals surface area contributed by atoms with E-state index in [0.717, 1.165) is 5.56 Å². The second-order valence-corrected chi connectivity index (χ2v) is 7.43. The minimum absolute atomic E-state index is 0.247.